The normalized spacial score (nSPS) is 23.3. The van der Waals surface area contributed by atoms with E-state index in [4.69, 9.17) is 0 Å². The SMILES string of the molecule is CCCCCCP(=O)(CC)C1(P(=O)(CC)CCCCCC)CC[C](C(=O)CCCCCCCCC=O)C(C)C1. The molecular weight excluding hydrogens is 522 g/mol. The molecule has 0 aromatic carbocycles. The van der Waals surface area contributed by atoms with Crippen LogP contribution in [0.5, 0.6) is 0 Å². The molecule has 1 rings (SSSR count). The summed E-state index contributed by atoms with van der Waals surface area (Å²) < 4.78 is 30.0. The van der Waals surface area contributed by atoms with E-state index in [1.54, 1.807) is 0 Å². The molecule has 0 saturated heterocycles. The molecule has 0 heterocycles. The number of carbonyl (C=O) groups is 2. The molecule has 0 N–H and O–H groups in total. The van der Waals surface area contributed by atoms with Crippen molar-refractivity contribution in [3.63, 3.8) is 0 Å². The number of carbonyl (C=O) groups excluding carboxylic acids is 2. The number of aldehydes is 1. The number of ketones is 1. The second kappa shape index (κ2) is 19.8. The number of rotatable bonds is 24. The lowest BCUT2D eigenvalue weighted by molar-refractivity contribution is -0.118. The first-order chi connectivity index (χ1) is 18.7. The largest absolute Gasteiger partial charge is 0.323 e. The van der Waals surface area contributed by atoms with E-state index in [9.17, 15) is 18.7 Å². The van der Waals surface area contributed by atoms with Gasteiger partial charge in [-0.05, 0) is 63.2 Å². The third-order valence-electron chi connectivity index (χ3n) is 9.64. The van der Waals surface area contributed by atoms with Gasteiger partial charge < -0.3 is 13.9 Å². The maximum Gasteiger partial charge on any atom is 0.140 e. The summed E-state index contributed by atoms with van der Waals surface area (Å²) in [5.41, 5.74) is 0. The van der Waals surface area contributed by atoms with Crippen LogP contribution >= 0.6 is 14.3 Å². The lowest BCUT2D eigenvalue weighted by Gasteiger charge is -2.51. The lowest BCUT2D eigenvalue weighted by atomic mass is 9.76. The van der Waals surface area contributed by atoms with Crippen LogP contribution < -0.4 is 0 Å². The number of hydrogen-bond donors (Lipinski definition) is 0. The predicted octanol–water partition coefficient (Wildman–Crippen LogP) is 10.9. The van der Waals surface area contributed by atoms with Gasteiger partial charge in [0, 0.05) is 31.1 Å². The number of Topliss-reactive ketones (excluding diaryl/α,β-unsaturated/α-hetero) is 1. The minimum atomic E-state index is -2.69. The average Bonchev–Trinajstić information content (AvgIpc) is 2.94. The van der Waals surface area contributed by atoms with Crippen LogP contribution in [0.3, 0.4) is 0 Å². The number of hydrogen-bond acceptors (Lipinski definition) is 4. The van der Waals surface area contributed by atoms with Gasteiger partial charge in [-0.15, -0.1) is 0 Å². The number of unbranched alkanes of at least 4 members (excludes halogenated alkanes) is 12. The van der Waals surface area contributed by atoms with Crippen molar-refractivity contribution in [3.8, 4) is 0 Å². The Morgan fingerprint density at radius 3 is 1.72 bits per heavy atom. The van der Waals surface area contributed by atoms with Crippen molar-refractivity contribution < 1.29 is 18.7 Å². The molecule has 3 atom stereocenters. The fourth-order valence-electron chi connectivity index (χ4n) is 7.07. The smallest absolute Gasteiger partial charge is 0.140 e. The zero-order valence-electron chi connectivity index (χ0n) is 26.4. The van der Waals surface area contributed by atoms with E-state index in [0.717, 1.165) is 102 Å². The summed E-state index contributed by atoms with van der Waals surface area (Å²) in [6.45, 7) is 10.7. The average molecular weight is 586 g/mol. The standard InChI is InChI=1S/C33H63O4P2/c1-6-10-12-21-27-38(36,8-3)33(39(37,9-4)28-22-13-11-7-2)25-24-31(30(5)29-33)32(35)23-19-17-15-14-16-18-20-26-34/h26,30H,6-25,27-29H2,1-5H3. The molecule has 0 aromatic heterocycles. The first kappa shape index (κ1) is 36.8. The fourth-order valence-corrected chi connectivity index (χ4v) is 17.5. The van der Waals surface area contributed by atoms with Crippen molar-refractivity contribution in [1.29, 1.82) is 0 Å². The van der Waals surface area contributed by atoms with Gasteiger partial charge in [-0.1, -0.05) is 98.8 Å². The molecule has 39 heavy (non-hydrogen) atoms. The summed E-state index contributed by atoms with van der Waals surface area (Å²) in [4.78, 5) is 23.2. The monoisotopic (exact) mass is 585 g/mol. The van der Waals surface area contributed by atoms with Gasteiger partial charge in [0.05, 0.1) is 4.90 Å². The van der Waals surface area contributed by atoms with Crippen molar-refractivity contribution >= 4 is 26.4 Å². The zero-order valence-corrected chi connectivity index (χ0v) is 28.2. The van der Waals surface area contributed by atoms with Gasteiger partial charge in [-0.2, -0.15) is 0 Å². The van der Waals surface area contributed by atoms with Crippen molar-refractivity contribution in [2.75, 3.05) is 24.6 Å². The van der Waals surface area contributed by atoms with E-state index in [-0.39, 0.29) is 5.92 Å². The lowest BCUT2D eigenvalue weighted by Crippen LogP contribution is -2.42. The quantitative estimate of drug-likeness (QED) is 0.0642. The molecule has 0 spiro atoms. The Labute approximate surface area is 242 Å². The van der Waals surface area contributed by atoms with Crippen LogP contribution in [0.25, 0.3) is 0 Å². The van der Waals surface area contributed by atoms with E-state index in [2.05, 4.69) is 34.6 Å². The van der Waals surface area contributed by atoms with Gasteiger partial charge >= 0.3 is 0 Å². The summed E-state index contributed by atoms with van der Waals surface area (Å²) >= 11 is 0. The maximum atomic E-state index is 15.0. The summed E-state index contributed by atoms with van der Waals surface area (Å²) in [5.74, 6) is 1.39. The van der Waals surface area contributed by atoms with Crippen LogP contribution in [0.15, 0.2) is 0 Å². The fraction of sp³-hybridized carbons (Fsp3) is 0.909. The summed E-state index contributed by atoms with van der Waals surface area (Å²) in [5, 5.41) is 0. The Hall–Kier alpha value is -0.200. The van der Waals surface area contributed by atoms with Gasteiger partial charge in [0.25, 0.3) is 0 Å². The minimum Gasteiger partial charge on any atom is -0.323 e. The molecule has 3 unspecified atom stereocenters. The first-order valence-electron chi connectivity index (χ1n) is 16.7. The Morgan fingerprint density at radius 2 is 1.26 bits per heavy atom. The molecular formula is C33H63O4P2. The van der Waals surface area contributed by atoms with Crippen LogP contribution in [-0.2, 0) is 18.7 Å². The van der Waals surface area contributed by atoms with Gasteiger partial charge in [-0.25, -0.2) is 0 Å². The van der Waals surface area contributed by atoms with Crippen molar-refractivity contribution in [3.05, 3.63) is 5.92 Å². The highest BCUT2D eigenvalue weighted by Crippen LogP contribution is 2.81. The predicted molar refractivity (Wildman–Crippen MR) is 171 cm³/mol. The highest BCUT2D eigenvalue weighted by atomic mass is 31.2. The van der Waals surface area contributed by atoms with E-state index < -0.39 is 19.2 Å². The first-order valence-corrected chi connectivity index (χ1v) is 20.8. The maximum absolute atomic E-state index is 15.0. The van der Waals surface area contributed by atoms with Crippen molar-refractivity contribution in [2.24, 2.45) is 5.92 Å². The van der Waals surface area contributed by atoms with Gasteiger partial charge in [0.15, 0.2) is 0 Å². The van der Waals surface area contributed by atoms with Crippen LogP contribution in [-0.4, -0.2) is 41.6 Å². The molecule has 0 amide bonds. The molecule has 1 aliphatic rings. The van der Waals surface area contributed by atoms with E-state index in [1.165, 1.54) is 12.8 Å². The van der Waals surface area contributed by atoms with Crippen molar-refractivity contribution in [2.45, 2.75) is 162 Å². The molecule has 1 saturated carbocycles. The van der Waals surface area contributed by atoms with E-state index >= 15 is 0 Å². The molecule has 0 bridgehead atoms. The Morgan fingerprint density at radius 1 is 0.769 bits per heavy atom. The zero-order chi connectivity index (χ0) is 29.2. The molecule has 4 nitrogen and oxygen atoms in total. The Balaban J connectivity index is 3.01. The summed E-state index contributed by atoms with van der Waals surface area (Å²) in [6, 6.07) is 0. The molecule has 1 fully saturated rings. The van der Waals surface area contributed by atoms with Crippen LogP contribution in [0.4, 0.5) is 0 Å². The highest BCUT2D eigenvalue weighted by molar-refractivity contribution is 7.83. The summed E-state index contributed by atoms with van der Waals surface area (Å²) in [6.07, 6.45) is 22.1. The molecule has 0 aliphatic heterocycles. The highest BCUT2D eigenvalue weighted by Gasteiger charge is 2.59. The van der Waals surface area contributed by atoms with Crippen LogP contribution in [0, 0.1) is 11.8 Å². The molecule has 6 heteroatoms. The summed E-state index contributed by atoms with van der Waals surface area (Å²) in [7, 11) is -5.37. The van der Waals surface area contributed by atoms with Gasteiger partial charge in [0.1, 0.15) is 26.4 Å². The van der Waals surface area contributed by atoms with Crippen LogP contribution in [0.1, 0.15) is 157 Å². The van der Waals surface area contributed by atoms with Gasteiger partial charge in [-0.3, -0.25) is 4.79 Å². The third-order valence-corrected chi connectivity index (χ3v) is 19.8. The molecule has 0 aromatic rings. The molecule has 1 radical (unpaired) electrons. The second-order valence-corrected chi connectivity index (χ2v) is 20.1. The second-order valence-electron chi connectivity index (χ2n) is 12.3. The van der Waals surface area contributed by atoms with Crippen LogP contribution in [0.2, 0.25) is 0 Å². The molecule has 229 valence electrons. The molecule has 1 aliphatic carbocycles. The topological polar surface area (TPSA) is 68.3 Å². The van der Waals surface area contributed by atoms with Crippen molar-refractivity contribution in [1.82, 2.24) is 0 Å². The van der Waals surface area contributed by atoms with E-state index in [1.807, 2.05) is 0 Å². The Bertz CT molecular complexity index is 744. The van der Waals surface area contributed by atoms with E-state index in [0.29, 0.717) is 50.2 Å². The minimum absolute atomic E-state index is 0.0700. The van der Waals surface area contributed by atoms with Gasteiger partial charge in [0.2, 0.25) is 0 Å². The Kier molecular flexibility index (Phi) is 18.7. The third kappa shape index (κ3) is 10.9.